The Kier molecular flexibility index (Phi) is 5.85. The molecule has 0 aromatic rings. The molecule has 0 aliphatic carbocycles. The Hall–Kier alpha value is -1.03. The molecule has 1 amide bonds. The lowest BCUT2D eigenvalue weighted by Crippen LogP contribution is -2.50. The summed E-state index contributed by atoms with van der Waals surface area (Å²) in [5, 5.41) is 0. The lowest BCUT2D eigenvalue weighted by molar-refractivity contribution is -0.0631. The molecule has 0 bridgehead atoms. The summed E-state index contributed by atoms with van der Waals surface area (Å²) in [5.41, 5.74) is -1.11. The van der Waals surface area contributed by atoms with Crippen LogP contribution in [0, 0.1) is 5.92 Å². The molecule has 0 N–H and O–H groups in total. The molecular formula is C17H31NO3. The molecule has 2 unspecified atom stereocenters. The van der Waals surface area contributed by atoms with Crippen LogP contribution in [0.5, 0.6) is 0 Å². The highest BCUT2D eigenvalue weighted by Crippen LogP contribution is 2.33. The first-order chi connectivity index (χ1) is 9.60. The van der Waals surface area contributed by atoms with Crippen molar-refractivity contribution in [3.63, 3.8) is 0 Å². The number of carbonyl (C=O) groups is 1. The van der Waals surface area contributed by atoms with Crippen molar-refractivity contribution in [2.24, 2.45) is 5.92 Å². The number of amides is 1. The fraction of sp³-hybridized carbons (Fsp3) is 0.824. The molecule has 21 heavy (non-hydrogen) atoms. The second kappa shape index (κ2) is 6.82. The normalized spacial score (nSPS) is 23.0. The van der Waals surface area contributed by atoms with Crippen LogP contribution < -0.4 is 0 Å². The largest absolute Gasteiger partial charge is 0.444 e. The number of nitrogens with zero attached hydrogens (tertiary/aromatic N) is 1. The molecule has 0 spiro atoms. The van der Waals surface area contributed by atoms with Crippen LogP contribution in [0.3, 0.4) is 0 Å². The SMILES string of the molecule is C=CCC(CC)CC1COC(C)(C)N1C(=O)OC(C)(C)C. The molecule has 4 nitrogen and oxygen atoms in total. The minimum Gasteiger partial charge on any atom is -0.444 e. The fourth-order valence-electron chi connectivity index (χ4n) is 2.79. The summed E-state index contributed by atoms with van der Waals surface area (Å²) in [4.78, 5) is 14.3. The lowest BCUT2D eigenvalue weighted by atomic mass is 9.93. The average molecular weight is 297 g/mol. The van der Waals surface area contributed by atoms with Gasteiger partial charge in [0.1, 0.15) is 11.3 Å². The van der Waals surface area contributed by atoms with E-state index in [9.17, 15) is 4.79 Å². The van der Waals surface area contributed by atoms with E-state index in [1.54, 1.807) is 4.90 Å². The van der Waals surface area contributed by atoms with Crippen LogP contribution in [0.2, 0.25) is 0 Å². The summed E-state index contributed by atoms with van der Waals surface area (Å²) in [6, 6.07) is 0.0692. The van der Waals surface area contributed by atoms with Gasteiger partial charge in [-0.25, -0.2) is 4.79 Å². The van der Waals surface area contributed by atoms with Gasteiger partial charge in [0.15, 0.2) is 0 Å². The van der Waals surface area contributed by atoms with Crippen molar-refractivity contribution in [2.75, 3.05) is 6.61 Å². The Morgan fingerprint density at radius 3 is 2.62 bits per heavy atom. The van der Waals surface area contributed by atoms with Crippen LogP contribution >= 0.6 is 0 Å². The quantitative estimate of drug-likeness (QED) is 0.708. The molecule has 2 atom stereocenters. The van der Waals surface area contributed by atoms with Crippen LogP contribution in [0.4, 0.5) is 4.79 Å². The maximum Gasteiger partial charge on any atom is 0.412 e. The molecule has 0 saturated carbocycles. The van der Waals surface area contributed by atoms with Gasteiger partial charge in [-0.15, -0.1) is 6.58 Å². The number of rotatable bonds is 5. The third kappa shape index (κ3) is 5.03. The first kappa shape index (κ1) is 18.0. The van der Waals surface area contributed by atoms with Crippen molar-refractivity contribution < 1.29 is 14.3 Å². The maximum atomic E-state index is 12.5. The number of carbonyl (C=O) groups excluding carboxylic acids is 1. The summed E-state index contributed by atoms with van der Waals surface area (Å²) in [5.74, 6) is 0.523. The lowest BCUT2D eigenvalue weighted by Gasteiger charge is -2.36. The van der Waals surface area contributed by atoms with Crippen LogP contribution in [0.25, 0.3) is 0 Å². The van der Waals surface area contributed by atoms with Crippen LogP contribution in [-0.2, 0) is 9.47 Å². The predicted octanol–water partition coefficient (Wildman–Crippen LogP) is 4.35. The van der Waals surface area contributed by atoms with Gasteiger partial charge in [-0.1, -0.05) is 19.4 Å². The monoisotopic (exact) mass is 297 g/mol. The van der Waals surface area contributed by atoms with Crippen LogP contribution in [0.1, 0.15) is 60.8 Å². The third-order valence-electron chi connectivity index (χ3n) is 3.85. The molecule has 1 rings (SSSR count). The second-order valence-electron chi connectivity index (χ2n) is 7.30. The zero-order valence-electron chi connectivity index (χ0n) is 14.4. The molecule has 1 fully saturated rings. The summed E-state index contributed by atoms with van der Waals surface area (Å²) >= 11 is 0. The number of ether oxygens (including phenoxy) is 2. The molecule has 1 aliphatic rings. The molecule has 1 saturated heterocycles. The Balaban J connectivity index is 2.83. The van der Waals surface area contributed by atoms with E-state index in [0.29, 0.717) is 12.5 Å². The summed E-state index contributed by atoms with van der Waals surface area (Å²) in [6.07, 6.45) is 4.63. The van der Waals surface area contributed by atoms with Gasteiger partial charge in [0, 0.05) is 0 Å². The minimum atomic E-state index is -0.612. The van der Waals surface area contributed by atoms with Gasteiger partial charge < -0.3 is 9.47 Å². The van der Waals surface area contributed by atoms with Crippen LogP contribution in [-0.4, -0.2) is 35.0 Å². The topological polar surface area (TPSA) is 38.8 Å². The van der Waals surface area contributed by atoms with E-state index in [2.05, 4.69) is 13.5 Å². The van der Waals surface area contributed by atoms with Gasteiger partial charge in [0.05, 0.1) is 12.6 Å². The van der Waals surface area contributed by atoms with Crippen molar-refractivity contribution in [1.82, 2.24) is 4.90 Å². The summed E-state index contributed by atoms with van der Waals surface area (Å²) in [7, 11) is 0. The standard InChI is InChI=1S/C17H31NO3/c1-8-10-13(9-2)11-14-12-20-17(6,7)18(14)15(19)21-16(3,4)5/h8,13-14H,1,9-12H2,2-7H3. The second-order valence-corrected chi connectivity index (χ2v) is 7.30. The Labute approximate surface area is 129 Å². The first-order valence-corrected chi connectivity index (χ1v) is 7.88. The first-order valence-electron chi connectivity index (χ1n) is 7.88. The Morgan fingerprint density at radius 2 is 2.14 bits per heavy atom. The van der Waals surface area contributed by atoms with Crippen molar-refractivity contribution in [3.05, 3.63) is 12.7 Å². The Morgan fingerprint density at radius 1 is 1.52 bits per heavy atom. The summed E-state index contributed by atoms with van der Waals surface area (Å²) in [6.45, 7) is 16.1. The van der Waals surface area contributed by atoms with E-state index in [1.807, 2.05) is 40.7 Å². The minimum absolute atomic E-state index is 0.0692. The molecule has 0 aromatic carbocycles. The molecule has 1 heterocycles. The molecular weight excluding hydrogens is 266 g/mol. The molecule has 0 aromatic heterocycles. The molecule has 0 radical (unpaired) electrons. The Bertz CT molecular complexity index is 371. The fourth-order valence-corrected chi connectivity index (χ4v) is 2.79. The molecule has 4 heteroatoms. The highest BCUT2D eigenvalue weighted by molar-refractivity contribution is 5.69. The van der Waals surface area contributed by atoms with Crippen molar-refractivity contribution in [1.29, 1.82) is 0 Å². The van der Waals surface area contributed by atoms with E-state index in [0.717, 1.165) is 19.3 Å². The van der Waals surface area contributed by atoms with Crippen LogP contribution in [0.15, 0.2) is 12.7 Å². The smallest absolute Gasteiger partial charge is 0.412 e. The number of hydrogen-bond donors (Lipinski definition) is 0. The van der Waals surface area contributed by atoms with E-state index < -0.39 is 11.3 Å². The summed E-state index contributed by atoms with van der Waals surface area (Å²) < 4.78 is 11.4. The highest BCUT2D eigenvalue weighted by atomic mass is 16.6. The molecule has 1 aliphatic heterocycles. The van der Waals surface area contributed by atoms with Crippen molar-refractivity contribution in [2.45, 2.75) is 78.2 Å². The zero-order chi connectivity index (χ0) is 16.3. The van der Waals surface area contributed by atoms with Gasteiger partial charge >= 0.3 is 6.09 Å². The van der Waals surface area contributed by atoms with Gasteiger partial charge in [-0.05, 0) is 53.4 Å². The van der Waals surface area contributed by atoms with Crippen molar-refractivity contribution >= 4 is 6.09 Å². The van der Waals surface area contributed by atoms with E-state index in [-0.39, 0.29) is 12.1 Å². The van der Waals surface area contributed by atoms with Gasteiger partial charge in [0.2, 0.25) is 0 Å². The number of allylic oxidation sites excluding steroid dienone is 1. The third-order valence-corrected chi connectivity index (χ3v) is 3.85. The predicted molar refractivity (Wildman–Crippen MR) is 85.1 cm³/mol. The van der Waals surface area contributed by atoms with Crippen molar-refractivity contribution in [3.8, 4) is 0 Å². The highest BCUT2D eigenvalue weighted by Gasteiger charge is 2.45. The zero-order valence-corrected chi connectivity index (χ0v) is 14.4. The number of hydrogen-bond acceptors (Lipinski definition) is 3. The molecule has 122 valence electrons. The van der Waals surface area contributed by atoms with Gasteiger partial charge in [-0.2, -0.15) is 0 Å². The maximum absolute atomic E-state index is 12.5. The van der Waals surface area contributed by atoms with Gasteiger partial charge in [-0.3, -0.25) is 4.90 Å². The van der Waals surface area contributed by atoms with E-state index >= 15 is 0 Å². The van der Waals surface area contributed by atoms with Gasteiger partial charge in [0.25, 0.3) is 0 Å². The van der Waals surface area contributed by atoms with E-state index in [4.69, 9.17) is 9.47 Å². The van der Waals surface area contributed by atoms with E-state index in [1.165, 1.54) is 0 Å². The average Bonchev–Trinajstić information content (AvgIpc) is 2.61.